The molecule has 1 atom stereocenters. The van der Waals surface area contributed by atoms with E-state index in [1.807, 2.05) is 24.3 Å². The Kier molecular flexibility index (Phi) is 3.90. The molecule has 0 bridgehead atoms. The number of hydrogen-bond donors (Lipinski definition) is 2. The molecule has 5 nitrogen and oxygen atoms in total. The van der Waals surface area contributed by atoms with E-state index in [2.05, 4.69) is 14.7 Å². The van der Waals surface area contributed by atoms with Crippen LogP contribution in [-0.2, 0) is 10.0 Å². The SMILES string of the molecule is CC(NS(=O)(=O)c1ccc(Cl)cc1)c1nc2ccccc2[nH]1. The second kappa shape index (κ2) is 5.72. The molecule has 1 heterocycles. The number of nitrogens with zero attached hydrogens (tertiary/aromatic N) is 1. The molecule has 0 aliphatic rings. The molecule has 1 aromatic heterocycles. The highest BCUT2D eigenvalue weighted by molar-refractivity contribution is 7.89. The number of nitrogens with one attached hydrogen (secondary N) is 2. The molecule has 0 saturated carbocycles. The fourth-order valence-electron chi connectivity index (χ4n) is 2.15. The number of benzene rings is 2. The van der Waals surface area contributed by atoms with Gasteiger partial charge in [-0.05, 0) is 43.3 Å². The van der Waals surface area contributed by atoms with Gasteiger partial charge in [0.05, 0.1) is 22.0 Å². The topological polar surface area (TPSA) is 74.8 Å². The Morgan fingerprint density at radius 1 is 1.14 bits per heavy atom. The van der Waals surface area contributed by atoms with Crippen LogP contribution in [0.2, 0.25) is 5.02 Å². The van der Waals surface area contributed by atoms with Crippen molar-refractivity contribution in [2.75, 3.05) is 0 Å². The van der Waals surface area contributed by atoms with Crippen LogP contribution >= 0.6 is 11.6 Å². The third-order valence-electron chi connectivity index (χ3n) is 3.27. The number of halogens is 1. The minimum absolute atomic E-state index is 0.167. The average Bonchev–Trinajstić information content (AvgIpc) is 2.91. The fraction of sp³-hybridized carbons (Fsp3) is 0.133. The van der Waals surface area contributed by atoms with E-state index in [-0.39, 0.29) is 4.90 Å². The number of aromatic nitrogens is 2. The van der Waals surface area contributed by atoms with Crippen LogP contribution in [-0.4, -0.2) is 18.4 Å². The molecule has 0 aliphatic carbocycles. The van der Waals surface area contributed by atoms with Crippen LogP contribution in [0.1, 0.15) is 18.8 Å². The summed E-state index contributed by atoms with van der Waals surface area (Å²) in [6.07, 6.45) is 0. The van der Waals surface area contributed by atoms with E-state index >= 15 is 0 Å². The lowest BCUT2D eigenvalue weighted by molar-refractivity contribution is 0.561. The van der Waals surface area contributed by atoms with Crippen LogP contribution in [0.3, 0.4) is 0 Å². The van der Waals surface area contributed by atoms with Gasteiger partial charge in [0.25, 0.3) is 0 Å². The third kappa shape index (κ3) is 2.99. The largest absolute Gasteiger partial charge is 0.341 e. The maximum Gasteiger partial charge on any atom is 0.241 e. The number of hydrogen-bond acceptors (Lipinski definition) is 3. The number of rotatable bonds is 4. The molecule has 114 valence electrons. The van der Waals surface area contributed by atoms with Gasteiger partial charge < -0.3 is 4.98 Å². The van der Waals surface area contributed by atoms with Crippen molar-refractivity contribution in [3.63, 3.8) is 0 Å². The number of aromatic amines is 1. The van der Waals surface area contributed by atoms with E-state index in [9.17, 15) is 8.42 Å². The second-order valence-electron chi connectivity index (χ2n) is 4.94. The summed E-state index contributed by atoms with van der Waals surface area (Å²) in [5.74, 6) is 0.568. The van der Waals surface area contributed by atoms with Gasteiger partial charge in [-0.3, -0.25) is 0 Å². The van der Waals surface area contributed by atoms with Crippen LogP contribution in [0.5, 0.6) is 0 Å². The molecule has 22 heavy (non-hydrogen) atoms. The van der Waals surface area contributed by atoms with E-state index < -0.39 is 16.1 Å². The molecular formula is C15H14ClN3O2S. The van der Waals surface area contributed by atoms with Crippen molar-refractivity contribution in [1.29, 1.82) is 0 Å². The van der Waals surface area contributed by atoms with E-state index in [4.69, 9.17) is 11.6 Å². The van der Waals surface area contributed by atoms with Gasteiger partial charge in [0.15, 0.2) is 0 Å². The molecule has 0 aliphatic heterocycles. The summed E-state index contributed by atoms with van der Waals surface area (Å²) in [7, 11) is -3.63. The monoisotopic (exact) mass is 335 g/mol. The summed E-state index contributed by atoms with van der Waals surface area (Å²) in [6.45, 7) is 1.74. The molecule has 0 radical (unpaired) electrons. The lowest BCUT2D eigenvalue weighted by Crippen LogP contribution is -2.27. The Hall–Kier alpha value is -1.89. The van der Waals surface area contributed by atoms with E-state index in [1.54, 1.807) is 19.1 Å². The molecule has 3 rings (SSSR count). The summed E-state index contributed by atoms with van der Waals surface area (Å²) >= 11 is 5.78. The van der Waals surface area contributed by atoms with Gasteiger partial charge in [-0.25, -0.2) is 18.1 Å². The van der Waals surface area contributed by atoms with Crippen molar-refractivity contribution >= 4 is 32.7 Å². The quantitative estimate of drug-likeness (QED) is 0.768. The number of H-pyrrole nitrogens is 1. The Labute approximate surface area is 133 Å². The van der Waals surface area contributed by atoms with Gasteiger partial charge in [-0.2, -0.15) is 0 Å². The van der Waals surface area contributed by atoms with Crippen LogP contribution < -0.4 is 4.72 Å². The summed E-state index contributed by atoms with van der Waals surface area (Å²) in [4.78, 5) is 7.69. The van der Waals surface area contributed by atoms with Crippen molar-refractivity contribution in [3.8, 4) is 0 Å². The minimum Gasteiger partial charge on any atom is -0.341 e. The van der Waals surface area contributed by atoms with Crippen LogP contribution in [0.25, 0.3) is 11.0 Å². The van der Waals surface area contributed by atoms with Crippen LogP contribution in [0, 0.1) is 0 Å². The average molecular weight is 336 g/mol. The second-order valence-corrected chi connectivity index (χ2v) is 7.09. The maximum atomic E-state index is 12.3. The molecule has 7 heteroatoms. The number of sulfonamides is 1. The van der Waals surface area contributed by atoms with Crippen LogP contribution in [0.4, 0.5) is 0 Å². The molecule has 0 spiro atoms. The highest BCUT2D eigenvalue weighted by Gasteiger charge is 2.20. The number of para-hydroxylation sites is 2. The van der Waals surface area contributed by atoms with Crippen molar-refractivity contribution in [1.82, 2.24) is 14.7 Å². The zero-order valence-electron chi connectivity index (χ0n) is 11.7. The van der Waals surface area contributed by atoms with Gasteiger partial charge >= 0.3 is 0 Å². The van der Waals surface area contributed by atoms with E-state index in [0.717, 1.165) is 11.0 Å². The highest BCUT2D eigenvalue weighted by Crippen LogP contribution is 2.19. The first kappa shape index (κ1) is 15.0. The van der Waals surface area contributed by atoms with Gasteiger partial charge in [-0.1, -0.05) is 23.7 Å². The highest BCUT2D eigenvalue weighted by atomic mass is 35.5. The molecule has 3 aromatic rings. The smallest absolute Gasteiger partial charge is 0.241 e. The van der Waals surface area contributed by atoms with Crippen molar-refractivity contribution < 1.29 is 8.42 Å². The predicted octanol–water partition coefficient (Wildman–Crippen LogP) is 3.26. The molecule has 0 amide bonds. The first-order valence-electron chi connectivity index (χ1n) is 6.68. The molecule has 2 N–H and O–H groups in total. The summed E-state index contributed by atoms with van der Waals surface area (Å²) in [6, 6.07) is 13.1. The lowest BCUT2D eigenvalue weighted by Gasteiger charge is -2.12. The number of imidazole rings is 1. The minimum atomic E-state index is -3.63. The van der Waals surface area contributed by atoms with Crippen molar-refractivity contribution in [2.24, 2.45) is 0 Å². The normalized spacial score (nSPS) is 13.4. The molecule has 2 aromatic carbocycles. The van der Waals surface area contributed by atoms with Crippen molar-refractivity contribution in [3.05, 3.63) is 59.4 Å². The summed E-state index contributed by atoms with van der Waals surface area (Å²) in [5, 5.41) is 0.490. The zero-order chi connectivity index (χ0) is 15.7. The first-order valence-corrected chi connectivity index (χ1v) is 8.54. The molecule has 0 saturated heterocycles. The third-order valence-corrected chi connectivity index (χ3v) is 5.08. The van der Waals surface area contributed by atoms with Crippen LogP contribution in [0.15, 0.2) is 53.4 Å². The van der Waals surface area contributed by atoms with Gasteiger partial charge in [0.2, 0.25) is 10.0 Å². The summed E-state index contributed by atoms with van der Waals surface area (Å²) in [5.41, 5.74) is 1.67. The first-order chi connectivity index (χ1) is 10.5. The Bertz CT molecular complexity index is 871. The van der Waals surface area contributed by atoms with Gasteiger partial charge in [0.1, 0.15) is 5.82 Å². The van der Waals surface area contributed by atoms with Gasteiger partial charge in [-0.15, -0.1) is 0 Å². The summed E-state index contributed by atoms with van der Waals surface area (Å²) < 4.78 is 27.3. The van der Waals surface area contributed by atoms with E-state index in [1.165, 1.54) is 12.1 Å². The Morgan fingerprint density at radius 2 is 1.82 bits per heavy atom. The predicted molar refractivity (Wildman–Crippen MR) is 86.3 cm³/mol. The zero-order valence-corrected chi connectivity index (χ0v) is 13.3. The van der Waals surface area contributed by atoms with Crippen molar-refractivity contribution in [2.45, 2.75) is 17.9 Å². The molecular weight excluding hydrogens is 322 g/mol. The maximum absolute atomic E-state index is 12.3. The lowest BCUT2D eigenvalue weighted by atomic mass is 10.3. The van der Waals surface area contributed by atoms with Gasteiger partial charge in [0, 0.05) is 5.02 Å². The Morgan fingerprint density at radius 3 is 2.50 bits per heavy atom. The molecule has 0 fully saturated rings. The fourth-order valence-corrected chi connectivity index (χ4v) is 3.48. The Balaban J connectivity index is 1.86. The molecule has 1 unspecified atom stereocenters. The number of fused-ring (bicyclic) bond motifs is 1. The van der Waals surface area contributed by atoms with E-state index in [0.29, 0.717) is 10.8 Å². The standard InChI is InChI=1S/C15H14ClN3O2S/c1-10(15-17-13-4-2-3-5-14(13)18-15)19-22(20,21)12-8-6-11(16)7-9-12/h2-10,19H,1H3,(H,17,18).